The van der Waals surface area contributed by atoms with Crippen LogP contribution in [0.1, 0.15) is 20.8 Å². The van der Waals surface area contributed by atoms with Gasteiger partial charge in [-0.2, -0.15) is 0 Å². The highest BCUT2D eigenvalue weighted by Crippen LogP contribution is 1.99. The van der Waals surface area contributed by atoms with Crippen LogP contribution in [0.2, 0.25) is 0 Å². The maximum absolute atomic E-state index is 7.18. The summed E-state index contributed by atoms with van der Waals surface area (Å²) in [4.78, 5) is 0. The predicted octanol–water partition coefficient (Wildman–Crippen LogP) is 2.55. The van der Waals surface area contributed by atoms with Crippen LogP contribution in [-0.2, 0) is 0 Å². The van der Waals surface area contributed by atoms with Gasteiger partial charge < -0.3 is 5.41 Å². The first-order valence-corrected chi connectivity index (χ1v) is 2.93. The van der Waals surface area contributed by atoms with Gasteiger partial charge in [0.15, 0.2) is 0 Å². The maximum atomic E-state index is 7.18. The van der Waals surface area contributed by atoms with Crippen LogP contribution in [0, 0.1) is 5.41 Å². The van der Waals surface area contributed by atoms with Gasteiger partial charge in [-0.25, -0.2) is 0 Å². The quantitative estimate of drug-likeness (QED) is 0.431. The first-order chi connectivity index (χ1) is 4.04. The highest BCUT2D eigenvalue weighted by molar-refractivity contribution is 5.95. The molecule has 0 aromatic carbocycles. The third kappa shape index (κ3) is 3.71. The molecule has 0 amide bonds. The summed E-state index contributed by atoms with van der Waals surface area (Å²) in [6, 6.07) is 0. The molecule has 0 aromatic heterocycles. The molecule has 0 aliphatic heterocycles. The van der Waals surface area contributed by atoms with Crippen LogP contribution in [0.25, 0.3) is 0 Å². The topological polar surface area (TPSA) is 23.9 Å². The summed E-state index contributed by atoms with van der Waals surface area (Å²) in [5, 5.41) is 7.18. The number of hydrogen-bond donors (Lipinski definition) is 1. The van der Waals surface area contributed by atoms with E-state index in [9.17, 15) is 0 Å². The second kappa shape index (κ2) is 3.23. The lowest BCUT2D eigenvalue weighted by Gasteiger charge is -1.94. The standard InChI is InChI=1S/C8H13N/c1-6(2)5-7(3)8(4)9/h5,9H,1H2,2-4H3/b7-5-,9-8?. The minimum absolute atomic E-state index is 0.609. The van der Waals surface area contributed by atoms with E-state index in [1.807, 2.05) is 19.9 Å². The lowest BCUT2D eigenvalue weighted by Crippen LogP contribution is -1.89. The molecule has 9 heavy (non-hydrogen) atoms. The summed E-state index contributed by atoms with van der Waals surface area (Å²) in [5.41, 5.74) is 2.60. The maximum Gasteiger partial charge on any atom is 0.0312 e. The predicted molar refractivity (Wildman–Crippen MR) is 42.0 cm³/mol. The van der Waals surface area contributed by atoms with Crippen molar-refractivity contribution >= 4 is 5.71 Å². The Morgan fingerprint density at radius 2 is 1.78 bits per heavy atom. The summed E-state index contributed by atoms with van der Waals surface area (Å²) in [5.74, 6) is 0. The molecule has 1 heteroatoms. The highest BCUT2D eigenvalue weighted by Gasteiger charge is 1.88. The zero-order valence-corrected chi connectivity index (χ0v) is 6.28. The van der Waals surface area contributed by atoms with Crippen molar-refractivity contribution < 1.29 is 0 Å². The van der Waals surface area contributed by atoms with E-state index in [0.29, 0.717) is 5.71 Å². The van der Waals surface area contributed by atoms with Gasteiger partial charge in [0.2, 0.25) is 0 Å². The number of hydrogen-bond acceptors (Lipinski definition) is 1. The van der Waals surface area contributed by atoms with E-state index in [0.717, 1.165) is 11.1 Å². The van der Waals surface area contributed by atoms with Crippen molar-refractivity contribution in [3.05, 3.63) is 23.8 Å². The molecule has 1 nitrogen and oxygen atoms in total. The lowest BCUT2D eigenvalue weighted by atomic mass is 10.1. The van der Waals surface area contributed by atoms with Gasteiger partial charge in [0.1, 0.15) is 0 Å². The molecule has 0 spiro atoms. The fourth-order valence-electron chi connectivity index (χ4n) is 0.478. The minimum Gasteiger partial charge on any atom is -0.305 e. The Labute approximate surface area is 56.6 Å². The van der Waals surface area contributed by atoms with Gasteiger partial charge >= 0.3 is 0 Å². The van der Waals surface area contributed by atoms with Crippen molar-refractivity contribution in [1.29, 1.82) is 5.41 Å². The Morgan fingerprint density at radius 1 is 1.33 bits per heavy atom. The van der Waals surface area contributed by atoms with Gasteiger partial charge in [-0.15, -0.1) is 0 Å². The number of allylic oxidation sites excluding steroid dienone is 3. The molecule has 0 saturated carbocycles. The van der Waals surface area contributed by atoms with E-state index in [-0.39, 0.29) is 0 Å². The molecule has 0 heterocycles. The average Bonchev–Trinajstić information content (AvgIpc) is 1.63. The number of rotatable bonds is 2. The minimum atomic E-state index is 0.609. The molecule has 0 aliphatic carbocycles. The Morgan fingerprint density at radius 3 is 1.89 bits per heavy atom. The lowest BCUT2D eigenvalue weighted by molar-refractivity contribution is 1.40. The second-order valence-corrected chi connectivity index (χ2v) is 2.30. The van der Waals surface area contributed by atoms with Gasteiger partial charge in [0.05, 0.1) is 0 Å². The van der Waals surface area contributed by atoms with Gasteiger partial charge in [0, 0.05) is 5.71 Å². The van der Waals surface area contributed by atoms with Gasteiger partial charge in [-0.1, -0.05) is 18.2 Å². The first-order valence-electron chi connectivity index (χ1n) is 2.93. The Hall–Kier alpha value is -0.850. The summed E-state index contributed by atoms with van der Waals surface area (Å²) in [6.07, 6.45) is 1.91. The molecule has 0 fully saturated rings. The van der Waals surface area contributed by atoms with Gasteiger partial charge in [-0.05, 0) is 26.3 Å². The summed E-state index contributed by atoms with van der Waals surface area (Å²) in [7, 11) is 0. The SMILES string of the molecule is C=C(C)/C=C(/C)C(C)=N. The molecule has 0 radical (unpaired) electrons. The third-order valence-electron chi connectivity index (χ3n) is 1.05. The van der Waals surface area contributed by atoms with E-state index in [4.69, 9.17) is 5.41 Å². The monoisotopic (exact) mass is 123 g/mol. The first kappa shape index (κ1) is 8.15. The molecule has 0 aliphatic rings. The van der Waals surface area contributed by atoms with Crippen molar-refractivity contribution in [3.63, 3.8) is 0 Å². The Kier molecular flexibility index (Phi) is 2.93. The molecule has 50 valence electrons. The molecule has 0 aromatic rings. The zero-order valence-electron chi connectivity index (χ0n) is 6.28. The van der Waals surface area contributed by atoms with Crippen molar-refractivity contribution in [2.24, 2.45) is 0 Å². The van der Waals surface area contributed by atoms with Gasteiger partial charge in [-0.3, -0.25) is 0 Å². The highest BCUT2D eigenvalue weighted by atomic mass is 14.4. The molecule has 1 N–H and O–H groups in total. The van der Waals surface area contributed by atoms with Crippen LogP contribution in [0.15, 0.2) is 23.8 Å². The Balaban J connectivity index is 4.17. The van der Waals surface area contributed by atoms with Crippen LogP contribution in [0.5, 0.6) is 0 Å². The molecular formula is C8H13N. The third-order valence-corrected chi connectivity index (χ3v) is 1.05. The molecule has 0 bridgehead atoms. The Bertz CT molecular complexity index is 163. The van der Waals surface area contributed by atoms with E-state index in [2.05, 4.69) is 6.58 Å². The normalized spacial score (nSPS) is 11.2. The van der Waals surface area contributed by atoms with E-state index in [1.54, 1.807) is 6.92 Å². The van der Waals surface area contributed by atoms with Gasteiger partial charge in [0.25, 0.3) is 0 Å². The van der Waals surface area contributed by atoms with E-state index < -0.39 is 0 Å². The van der Waals surface area contributed by atoms with Crippen molar-refractivity contribution in [1.82, 2.24) is 0 Å². The van der Waals surface area contributed by atoms with Crippen LogP contribution in [0.4, 0.5) is 0 Å². The summed E-state index contributed by atoms with van der Waals surface area (Å²) in [6.45, 7) is 9.31. The van der Waals surface area contributed by atoms with Crippen molar-refractivity contribution in [2.75, 3.05) is 0 Å². The smallest absolute Gasteiger partial charge is 0.0312 e. The molecule has 0 rings (SSSR count). The van der Waals surface area contributed by atoms with Crippen LogP contribution >= 0.6 is 0 Å². The fourth-order valence-corrected chi connectivity index (χ4v) is 0.478. The van der Waals surface area contributed by atoms with Crippen LogP contribution in [-0.4, -0.2) is 5.71 Å². The fraction of sp³-hybridized carbons (Fsp3) is 0.375. The molecular weight excluding hydrogens is 110 g/mol. The van der Waals surface area contributed by atoms with Crippen molar-refractivity contribution in [3.8, 4) is 0 Å². The largest absolute Gasteiger partial charge is 0.305 e. The summed E-state index contributed by atoms with van der Waals surface area (Å²) < 4.78 is 0. The van der Waals surface area contributed by atoms with Crippen LogP contribution in [0.3, 0.4) is 0 Å². The van der Waals surface area contributed by atoms with Crippen LogP contribution < -0.4 is 0 Å². The average molecular weight is 123 g/mol. The van der Waals surface area contributed by atoms with E-state index in [1.165, 1.54) is 0 Å². The van der Waals surface area contributed by atoms with Crippen molar-refractivity contribution in [2.45, 2.75) is 20.8 Å². The molecule has 0 atom stereocenters. The number of nitrogens with one attached hydrogen (secondary N) is 1. The second-order valence-electron chi connectivity index (χ2n) is 2.30. The zero-order chi connectivity index (χ0) is 7.44. The molecule has 0 unspecified atom stereocenters. The molecule has 0 saturated heterocycles. The van der Waals surface area contributed by atoms with E-state index >= 15 is 0 Å². The summed E-state index contributed by atoms with van der Waals surface area (Å²) >= 11 is 0.